The zero-order valence-corrected chi connectivity index (χ0v) is 13.5. The Hall–Kier alpha value is -1.95. The number of aliphatic hydroxyl groups is 2. The lowest BCUT2D eigenvalue weighted by Gasteiger charge is -2.22. The predicted molar refractivity (Wildman–Crippen MR) is 87.0 cm³/mol. The van der Waals surface area contributed by atoms with Gasteiger partial charge in [0.15, 0.2) is 0 Å². The first-order chi connectivity index (χ1) is 11.4. The lowest BCUT2D eigenvalue weighted by Crippen LogP contribution is -2.39. The van der Waals surface area contributed by atoms with Crippen LogP contribution in [-0.2, 0) is 4.74 Å². The summed E-state index contributed by atoms with van der Waals surface area (Å²) < 4.78 is 5.53. The maximum atomic E-state index is 11.2. The van der Waals surface area contributed by atoms with Crippen LogP contribution in [-0.4, -0.2) is 56.1 Å². The van der Waals surface area contributed by atoms with E-state index in [2.05, 4.69) is 5.32 Å². The minimum atomic E-state index is -1.08. The lowest BCUT2D eigenvalue weighted by molar-refractivity contribution is -0.393. The van der Waals surface area contributed by atoms with Gasteiger partial charge in [0.05, 0.1) is 28.6 Å². The van der Waals surface area contributed by atoms with E-state index in [0.717, 1.165) is 12.1 Å². The molecule has 0 aromatic heterocycles. The van der Waals surface area contributed by atoms with Gasteiger partial charge in [-0.05, 0) is 11.8 Å². The van der Waals surface area contributed by atoms with Crippen LogP contribution in [0.2, 0.25) is 0 Å². The van der Waals surface area contributed by atoms with E-state index in [1.54, 1.807) is 0 Å². The van der Waals surface area contributed by atoms with Crippen molar-refractivity contribution in [2.45, 2.75) is 30.6 Å². The fourth-order valence-corrected chi connectivity index (χ4v) is 3.41. The average molecular weight is 359 g/mol. The highest BCUT2D eigenvalue weighted by Gasteiger charge is 2.44. The second-order valence-corrected chi connectivity index (χ2v) is 6.43. The summed E-state index contributed by atoms with van der Waals surface area (Å²) in [7, 11) is 0. The number of nitro benzene ring substituents is 2. The molecular weight excluding hydrogens is 342 g/mol. The molecule has 0 aliphatic carbocycles. The van der Waals surface area contributed by atoms with Crippen LogP contribution in [0.3, 0.4) is 0 Å². The number of anilines is 1. The highest BCUT2D eigenvalue weighted by molar-refractivity contribution is 7.99. The standard InChI is InChI=1S/C13H17N3O7S/c1-2-24-13-11(12(18)10(6-17)23-13)14-8-4-3-7(15(19)20)5-9(8)16(21)22/h3-5,10-14,17-18H,2,6H2,1H3/t10-,11+,12+,13-/m0/s1. The Bertz CT molecular complexity index is 630. The summed E-state index contributed by atoms with van der Waals surface area (Å²) in [4.78, 5) is 20.5. The maximum Gasteiger partial charge on any atom is 0.299 e. The van der Waals surface area contributed by atoms with Crippen molar-refractivity contribution >= 4 is 28.8 Å². The topological polar surface area (TPSA) is 148 Å². The number of thioether (sulfide) groups is 1. The Kier molecular flexibility index (Phi) is 5.94. The molecule has 24 heavy (non-hydrogen) atoms. The van der Waals surface area contributed by atoms with Crippen LogP contribution in [0.15, 0.2) is 18.2 Å². The number of nitrogens with zero attached hydrogens (tertiary/aromatic N) is 2. The van der Waals surface area contributed by atoms with E-state index in [1.165, 1.54) is 17.8 Å². The van der Waals surface area contributed by atoms with Gasteiger partial charge in [-0.25, -0.2) is 0 Å². The van der Waals surface area contributed by atoms with Gasteiger partial charge in [-0.3, -0.25) is 20.2 Å². The average Bonchev–Trinajstić information content (AvgIpc) is 2.84. The number of hydrogen-bond acceptors (Lipinski definition) is 9. The predicted octanol–water partition coefficient (Wildman–Crippen LogP) is 1.11. The van der Waals surface area contributed by atoms with Crippen molar-refractivity contribution in [3.63, 3.8) is 0 Å². The van der Waals surface area contributed by atoms with Crippen LogP contribution in [0.5, 0.6) is 0 Å². The molecule has 0 amide bonds. The third-order valence-corrected chi connectivity index (χ3v) is 4.64. The van der Waals surface area contributed by atoms with Gasteiger partial charge in [-0.2, -0.15) is 0 Å². The van der Waals surface area contributed by atoms with Gasteiger partial charge in [0.2, 0.25) is 0 Å². The van der Waals surface area contributed by atoms with Crippen LogP contribution in [0.1, 0.15) is 6.92 Å². The fraction of sp³-hybridized carbons (Fsp3) is 0.538. The number of nitro groups is 2. The lowest BCUT2D eigenvalue weighted by atomic mass is 10.1. The molecule has 0 radical (unpaired) electrons. The minimum Gasteiger partial charge on any atom is -0.394 e. The third-order valence-electron chi connectivity index (χ3n) is 3.57. The summed E-state index contributed by atoms with van der Waals surface area (Å²) in [6.45, 7) is 1.50. The van der Waals surface area contributed by atoms with Crippen molar-refractivity contribution in [1.29, 1.82) is 0 Å². The summed E-state index contributed by atoms with van der Waals surface area (Å²) in [5.41, 5.74) is -1.34. The molecule has 1 aliphatic rings. The van der Waals surface area contributed by atoms with Crippen molar-refractivity contribution in [2.24, 2.45) is 0 Å². The quantitative estimate of drug-likeness (QED) is 0.481. The Morgan fingerprint density at radius 2 is 2.04 bits per heavy atom. The van der Waals surface area contributed by atoms with Crippen LogP contribution >= 0.6 is 11.8 Å². The number of rotatable bonds is 7. The molecule has 1 saturated heterocycles. The van der Waals surface area contributed by atoms with Gasteiger partial charge in [0, 0.05) is 6.07 Å². The molecule has 0 unspecified atom stereocenters. The van der Waals surface area contributed by atoms with Gasteiger partial charge in [-0.15, -0.1) is 11.8 Å². The fourth-order valence-electron chi connectivity index (χ4n) is 2.43. The van der Waals surface area contributed by atoms with Crippen molar-refractivity contribution in [3.8, 4) is 0 Å². The summed E-state index contributed by atoms with van der Waals surface area (Å²) >= 11 is 1.38. The van der Waals surface area contributed by atoms with E-state index < -0.39 is 44.9 Å². The molecule has 4 atom stereocenters. The number of hydrogen-bond donors (Lipinski definition) is 3. The third kappa shape index (κ3) is 3.75. The van der Waals surface area contributed by atoms with Crippen LogP contribution in [0.25, 0.3) is 0 Å². The molecule has 3 N–H and O–H groups in total. The van der Waals surface area contributed by atoms with Gasteiger partial charge in [-0.1, -0.05) is 6.92 Å². The first-order valence-electron chi connectivity index (χ1n) is 7.14. The first kappa shape index (κ1) is 18.4. The van der Waals surface area contributed by atoms with Crippen molar-refractivity contribution < 1.29 is 24.8 Å². The highest BCUT2D eigenvalue weighted by Crippen LogP contribution is 2.35. The number of non-ortho nitro benzene ring substituents is 1. The minimum absolute atomic E-state index is 0.0403. The largest absolute Gasteiger partial charge is 0.394 e. The van der Waals surface area contributed by atoms with Crippen molar-refractivity contribution in [1.82, 2.24) is 0 Å². The van der Waals surface area contributed by atoms with Crippen molar-refractivity contribution in [2.75, 3.05) is 17.7 Å². The van der Waals surface area contributed by atoms with E-state index in [4.69, 9.17) is 4.74 Å². The van der Waals surface area contributed by atoms with E-state index >= 15 is 0 Å². The van der Waals surface area contributed by atoms with Gasteiger partial charge in [0.25, 0.3) is 11.4 Å². The molecule has 1 fully saturated rings. The zero-order chi connectivity index (χ0) is 17.9. The van der Waals surface area contributed by atoms with Crippen LogP contribution in [0, 0.1) is 20.2 Å². The molecule has 1 aromatic carbocycles. The molecule has 132 valence electrons. The van der Waals surface area contributed by atoms with Gasteiger partial charge < -0.3 is 20.3 Å². The molecular formula is C13H17N3O7S. The second-order valence-electron chi connectivity index (χ2n) is 5.06. The molecule has 0 spiro atoms. The molecule has 2 rings (SSSR count). The number of ether oxygens (including phenoxy) is 1. The van der Waals surface area contributed by atoms with E-state index in [9.17, 15) is 30.4 Å². The zero-order valence-electron chi connectivity index (χ0n) is 12.7. The van der Waals surface area contributed by atoms with Gasteiger partial charge in [0.1, 0.15) is 23.3 Å². The number of aliphatic hydroxyl groups excluding tert-OH is 2. The summed E-state index contributed by atoms with van der Waals surface area (Å²) in [6.07, 6.45) is -1.88. The highest BCUT2D eigenvalue weighted by atomic mass is 32.2. The summed E-state index contributed by atoms with van der Waals surface area (Å²) in [5, 5.41) is 44.3. The molecule has 1 heterocycles. The van der Waals surface area contributed by atoms with Crippen LogP contribution < -0.4 is 5.32 Å². The van der Waals surface area contributed by atoms with Crippen LogP contribution in [0.4, 0.5) is 17.1 Å². The van der Waals surface area contributed by atoms with E-state index in [0.29, 0.717) is 5.75 Å². The van der Waals surface area contributed by atoms with Crippen molar-refractivity contribution in [3.05, 3.63) is 38.4 Å². The second kappa shape index (κ2) is 7.75. The van der Waals surface area contributed by atoms with Gasteiger partial charge >= 0.3 is 0 Å². The number of benzene rings is 1. The molecule has 11 heteroatoms. The molecule has 0 bridgehead atoms. The Balaban J connectivity index is 2.31. The molecule has 0 saturated carbocycles. The SMILES string of the molecule is CCS[C@@H]1O[C@@H](CO)[C@@H](O)[C@H]1Nc1ccc([N+](=O)[O-])cc1[N+](=O)[O-]. The Morgan fingerprint density at radius 3 is 2.58 bits per heavy atom. The maximum absolute atomic E-state index is 11.2. The number of nitrogens with one attached hydrogen (secondary N) is 1. The molecule has 10 nitrogen and oxygen atoms in total. The van der Waals surface area contributed by atoms with E-state index in [-0.39, 0.29) is 12.3 Å². The summed E-state index contributed by atoms with van der Waals surface area (Å²) in [5.74, 6) is 0.677. The molecule has 1 aromatic rings. The smallest absolute Gasteiger partial charge is 0.299 e. The normalized spacial score (nSPS) is 26.3. The Morgan fingerprint density at radius 1 is 1.33 bits per heavy atom. The molecule has 1 aliphatic heterocycles. The summed E-state index contributed by atoms with van der Waals surface area (Å²) in [6, 6.07) is 2.52. The van der Waals surface area contributed by atoms with E-state index in [1.807, 2.05) is 6.92 Å². The first-order valence-corrected chi connectivity index (χ1v) is 8.19. The Labute approximate surface area is 141 Å². The monoisotopic (exact) mass is 359 g/mol.